The van der Waals surface area contributed by atoms with Gasteiger partial charge >= 0.3 is 18.1 Å². The van der Waals surface area contributed by atoms with Gasteiger partial charge in [0.2, 0.25) is 0 Å². The fourth-order valence-corrected chi connectivity index (χ4v) is 1.37. The number of carbonyl (C=O) groups is 2. The van der Waals surface area contributed by atoms with Gasteiger partial charge in [-0.1, -0.05) is 13.8 Å². The number of alkyl halides is 3. The number of rotatable bonds is 3. The summed E-state index contributed by atoms with van der Waals surface area (Å²) in [6.07, 6.45) is -4.21. The minimum Gasteiger partial charge on any atom is -0.476 e. The van der Waals surface area contributed by atoms with Crippen molar-refractivity contribution in [1.29, 1.82) is 0 Å². The van der Waals surface area contributed by atoms with E-state index in [0.717, 1.165) is 13.2 Å². The largest absolute Gasteiger partial charge is 0.476 e. The summed E-state index contributed by atoms with van der Waals surface area (Å²) in [7, 11) is 0.815. The number of hydrogen-bond donors (Lipinski definition) is 1. The second-order valence-corrected chi connectivity index (χ2v) is 4.28. The molecule has 0 atom stereocenters. The van der Waals surface area contributed by atoms with E-state index in [9.17, 15) is 22.8 Å². The first-order valence-electron chi connectivity index (χ1n) is 5.50. The van der Waals surface area contributed by atoms with E-state index in [2.05, 4.69) is 9.97 Å². The molecular weight excluding hydrogens is 279 g/mol. The second-order valence-electron chi connectivity index (χ2n) is 4.28. The molecule has 0 radical (unpaired) electrons. The van der Waals surface area contributed by atoms with Crippen LogP contribution in [-0.2, 0) is 4.79 Å². The zero-order valence-corrected chi connectivity index (χ0v) is 10.9. The van der Waals surface area contributed by atoms with Gasteiger partial charge in [0.15, 0.2) is 5.69 Å². The number of amides is 1. The van der Waals surface area contributed by atoms with Crippen LogP contribution in [0.2, 0.25) is 0 Å². The molecule has 0 saturated carbocycles. The Balaban J connectivity index is 3.31. The molecule has 1 rings (SSSR count). The van der Waals surface area contributed by atoms with Crippen LogP contribution in [0.15, 0.2) is 6.20 Å². The van der Waals surface area contributed by atoms with Gasteiger partial charge in [-0.25, -0.2) is 14.8 Å². The molecule has 0 fully saturated rings. The van der Waals surface area contributed by atoms with Crippen molar-refractivity contribution in [3.05, 3.63) is 17.7 Å². The smallest absolute Gasteiger partial charge is 0.471 e. The molecule has 0 spiro atoms. The molecule has 0 aliphatic heterocycles. The quantitative estimate of drug-likeness (QED) is 0.918. The fraction of sp³-hybridized carbons (Fsp3) is 0.455. The maximum absolute atomic E-state index is 12.3. The molecule has 1 amide bonds. The number of aromatic carboxylic acids is 1. The number of anilines is 1. The maximum Gasteiger partial charge on any atom is 0.471 e. The molecule has 9 heteroatoms. The van der Waals surface area contributed by atoms with Crippen molar-refractivity contribution in [1.82, 2.24) is 9.97 Å². The lowest BCUT2D eigenvalue weighted by Crippen LogP contribution is -2.39. The van der Waals surface area contributed by atoms with Crippen LogP contribution in [0.4, 0.5) is 18.9 Å². The number of aromatic nitrogens is 2. The average Bonchev–Trinajstić information content (AvgIpc) is 2.34. The lowest BCUT2D eigenvalue weighted by Gasteiger charge is -2.20. The number of hydrogen-bond acceptors (Lipinski definition) is 4. The van der Waals surface area contributed by atoms with Crippen LogP contribution in [-0.4, -0.2) is 40.2 Å². The molecule has 0 aromatic carbocycles. The number of halogens is 3. The van der Waals surface area contributed by atoms with Gasteiger partial charge in [0, 0.05) is 13.0 Å². The summed E-state index contributed by atoms with van der Waals surface area (Å²) in [5.41, 5.74) is -1.16. The van der Waals surface area contributed by atoms with Crippen LogP contribution in [0.25, 0.3) is 0 Å². The number of nitrogens with zero attached hydrogens (tertiary/aromatic N) is 3. The third kappa shape index (κ3) is 3.22. The topological polar surface area (TPSA) is 83.4 Å². The van der Waals surface area contributed by atoms with Crippen molar-refractivity contribution < 1.29 is 27.9 Å². The summed E-state index contributed by atoms with van der Waals surface area (Å²) >= 11 is 0. The molecule has 0 aliphatic rings. The highest BCUT2D eigenvalue weighted by Crippen LogP contribution is 2.25. The van der Waals surface area contributed by atoms with Gasteiger partial charge in [0.05, 0.1) is 11.9 Å². The Morgan fingerprint density at radius 3 is 2.30 bits per heavy atom. The van der Waals surface area contributed by atoms with Crippen LogP contribution in [0.3, 0.4) is 0 Å². The Morgan fingerprint density at radius 1 is 1.35 bits per heavy atom. The number of carboxylic acids is 1. The van der Waals surface area contributed by atoms with Crippen LogP contribution in [0.1, 0.15) is 36.1 Å². The van der Waals surface area contributed by atoms with E-state index < -0.39 is 29.4 Å². The zero-order chi connectivity index (χ0) is 15.7. The predicted octanol–water partition coefficient (Wildman–Crippen LogP) is 1.82. The molecule has 0 aliphatic carbocycles. The minimum atomic E-state index is -5.11. The summed E-state index contributed by atoms with van der Waals surface area (Å²) in [6.45, 7) is 3.40. The first-order chi connectivity index (χ1) is 9.05. The third-order valence-electron chi connectivity index (χ3n) is 2.42. The highest BCUT2D eigenvalue weighted by atomic mass is 19.4. The second kappa shape index (κ2) is 5.43. The Bertz CT molecular complexity index is 543. The van der Waals surface area contributed by atoms with E-state index in [0.29, 0.717) is 0 Å². The summed E-state index contributed by atoms with van der Waals surface area (Å²) < 4.78 is 37.0. The van der Waals surface area contributed by atoms with Gasteiger partial charge in [-0.15, -0.1) is 0 Å². The zero-order valence-electron chi connectivity index (χ0n) is 10.9. The Morgan fingerprint density at radius 2 is 1.90 bits per heavy atom. The molecule has 0 unspecified atom stereocenters. The molecular formula is C11H12F3N3O3. The Labute approximate surface area is 112 Å². The van der Waals surface area contributed by atoms with Crippen molar-refractivity contribution >= 4 is 17.6 Å². The Kier molecular flexibility index (Phi) is 4.31. The van der Waals surface area contributed by atoms with E-state index in [1.165, 1.54) is 0 Å². The van der Waals surface area contributed by atoms with Crippen molar-refractivity contribution in [2.24, 2.45) is 0 Å². The van der Waals surface area contributed by atoms with Crippen molar-refractivity contribution in [2.75, 3.05) is 11.9 Å². The monoisotopic (exact) mass is 291 g/mol. The molecule has 0 bridgehead atoms. The molecule has 1 N–H and O–H groups in total. The molecule has 20 heavy (non-hydrogen) atoms. The van der Waals surface area contributed by atoms with Gasteiger partial charge < -0.3 is 10.0 Å². The Hall–Kier alpha value is -2.19. The minimum absolute atomic E-state index is 0.166. The predicted molar refractivity (Wildman–Crippen MR) is 62.5 cm³/mol. The first kappa shape index (κ1) is 15.9. The summed E-state index contributed by atoms with van der Waals surface area (Å²) in [5.74, 6) is -3.77. The van der Waals surface area contributed by atoms with E-state index in [4.69, 9.17) is 5.11 Å². The normalized spacial score (nSPS) is 11.6. The van der Waals surface area contributed by atoms with Crippen LogP contribution in [0, 0.1) is 0 Å². The lowest BCUT2D eigenvalue weighted by atomic mass is 10.2. The number of carbonyl (C=O) groups excluding carboxylic acids is 1. The highest BCUT2D eigenvalue weighted by molar-refractivity contribution is 6.02. The molecule has 1 heterocycles. The van der Waals surface area contributed by atoms with E-state index in [-0.39, 0.29) is 16.6 Å². The molecule has 1 aromatic rings. The lowest BCUT2D eigenvalue weighted by molar-refractivity contribution is -0.170. The number of carboxylic acid groups (broad SMARTS) is 1. The fourth-order valence-electron chi connectivity index (χ4n) is 1.37. The SMILES string of the molecule is CC(C)c1ncc(N(C)C(=O)C(F)(F)F)c(C(=O)O)n1. The maximum atomic E-state index is 12.3. The van der Waals surface area contributed by atoms with E-state index >= 15 is 0 Å². The molecule has 6 nitrogen and oxygen atoms in total. The average molecular weight is 291 g/mol. The molecule has 1 aromatic heterocycles. The van der Waals surface area contributed by atoms with Gasteiger partial charge in [-0.3, -0.25) is 4.79 Å². The van der Waals surface area contributed by atoms with Crippen LogP contribution in [0.5, 0.6) is 0 Å². The summed E-state index contributed by atoms with van der Waals surface area (Å²) in [4.78, 5) is 29.8. The summed E-state index contributed by atoms with van der Waals surface area (Å²) in [5, 5.41) is 9.00. The molecule has 0 saturated heterocycles. The van der Waals surface area contributed by atoms with E-state index in [1.54, 1.807) is 13.8 Å². The van der Waals surface area contributed by atoms with Gasteiger partial charge in [-0.2, -0.15) is 13.2 Å². The standard InChI is InChI=1S/C11H12F3N3O3/c1-5(2)8-15-4-6(7(16-8)9(18)19)17(3)10(20)11(12,13)14/h4-5H,1-3H3,(H,18,19). The third-order valence-corrected chi connectivity index (χ3v) is 2.42. The van der Waals surface area contributed by atoms with Gasteiger partial charge in [0.1, 0.15) is 5.82 Å². The molecule has 110 valence electrons. The van der Waals surface area contributed by atoms with Crippen molar-refractivity contribution in [3.63, 3.8) is 0 Å². The van der Waals surface area contributed by atoms with Crippen LogP contribution < -0.4 is 4.90 Å². The highest BCUT2D eigenvalue weighted by Gasteiger charge is 2.42. The van der Waals surface area contributed by atoms with Gasteiger partial charge in [-0.05, 0) is 0 Å². The first-order valence-corrected chi connectivity index (χ1v) is 5.50. The van der Waals surface area contributed by atoms with Crippen LogP contribution >= 0.6 is 0 Å². The van der Waals surface area contributed by atoms with Crippen molar-refractivity contribution in [2.45, 2.75) is 25.9 Å². The summed E-state index contributed by atoms with van der Waals surface area (Å²) in [6, 6.07) is 0. The van der Waals surface area contributed by atoms with E-state index in [1.807, 2.05) is 0 Å². The van der Waals surface area contributed by atoms with Crippen molar-refractivity contribution in [3.8, 4) is 0 Å². The van der Waals surface area contributed by atoms with Gasteiger partial charge in [0.25, 0.3) is 0 Å².